The molecule has 0 unspecified atom stereocenters. The van der Waals surface area contributed by atoms with Crippen molar-refractivity contribution in [1.29, 1.82) is 0 Å². The van der Waals surface area contributed by atoms with Crippen molar-refractivity contribution in [2.24, 2.45) is 5.14 Å². The Labute approximate surface area is 209 Å². The molecule has 3 N–H and O–H groups in total. The van der Waals surface area contributed by atoms with Crippen LogP contribution in [0.4, 0.5) is 5.82 Å². The third-order valence-electron chi connectivity index (χ3n) is 5.87. The summed E-state index contributed by atoms with van der Waals surface area (Å²) in [5, 5.41) is 9.62. The molecule has 180 valence electrons. The number of primary sulfonamides is 1. The molecule has 0 aliphatic carbocycles. The van der Waals surface area contributed by atoms with Crippen LogP contribution in [-0.4, -0.2) is 28.4 Å². The van der Waals surface area contributed by atoms with E-state index in [4.69, 9.17) is 15.1 Å². The smallest absolute Gasteiger partial charge is 0.239 e. The second-order valence-corrected chi connectivity index (χ2v) is 9.80. The Hall–Kier alpha value is -4.21. The average molecular weight is 497 g/mol. The molecule has 2 aromatic carbocycles. The Morgan fingerprint density at radius 1 is 0.917 bits per heavy atom. The zero-order valence-corrected chi connectivity index (χ0v) is 20.4. The number of benzene rings is 2. The molecule has 5 rings (SSSR count). The van der Waals surface area contributed by atoms with Crippen molar-refractivity contribution in [3.8, 4) is 22.5 Å². The predicted molar refractivity (Wildman–Crippen MR) is 141 cm³/mol. The second-order valence-electron chi connectivity index (χ2n) is 8.24. The maximum Gasteiger partial charge on any atom is 0.239 e. The van der Waals surface area contributed by atoms with Gasteiger partial charge in [0.05, 0.1) is 23.1 Å². The molecule has 0 fully saturated rings. The molecule has 0 spiro atoms. The molecule has 0 bridgehead atoms. The lowest BCUT2D eigenvalue weighted by atomic mass is 9.95. The van der Waals surface area contributed by atoms with Gasteiger partial charge in [-0.15, -0.1) is 0 Å². The number of nitrogens with one attached hydrogen (secondary N) is 1. The monoisotopic (exact) mass is 496 g/mol. The van der Waals surface area contributed by atoms with E-state index >= 15 is 0 Å². The van der Waals surface area contributed by atoms with E-state index in [2.05, 4.69) is 40.4 Å². The van der Waals surface area contributed by atoms with Crippen molar-refractivity contribution in [3.05, 3.63) is 96.6 Å². The summed E-state index contributed by atoms with van der Waals surface area (Å²) >= 11 is 0. The maximum atomic E-state index is 11.9. The molecule has 0 aliphatic rings. The van der Waals surface area contributed by atoms with E-state index in [0.717, 1.165) is 28.6 Å². The fourth-order valence-electron chi connectivity index (χ4n) is 4.13. The van der Waals surface area contributed by atoms with Gasteiger partial charge in [-0.05, 0) is 47.4 Å². The van der Waals surface area contributed by atoms with E-state index in [1.165, 1.54) is 24.0 Å². The third kappa shape index (κ3) is 4.79. The summed E-state index contributed by atoms with van der Waals surface area (Å²) in [6, 6.07) is 21.4. The number of nitrogens with two attached hydrogens (primary N) is 1. The number of hydrogen-bond acceptors (Lipinski definition) is 7. The third-order valence-corrected chi connectivity index (χ3v) is 6.76. The topological polar surface area (TPSA) is 124 Å². The Morgan fingerprint density at radius 3 is 2.50 bits per heavy atom. The minimum atomic E-state index is -3.92. The van der Waals surface area contributed by atoms with Crippen molar-refractivity contribution in [2.75, 3.05) is 5.32 Å². The molecule has 0 saturated heterocycles. The SMILES string of the molecule is CCc1ccccc1-c1cccc2nc(-c3cncc(S(N)(=O)=O)c3)nc(NCc3ccccn3)c12. The Balaban J connectivity index is 1.72. The normalized spacial score (nSPS) is 11.5. The van der Waals surface area contributed by atoms with Gasteiger partial charge < -0.3 is 5.32 Å². The fraction of sp³-hybridized carbons (Fsp3) is 0.111. The Kier molecular flexibility index (Phi) is 6.41. The minimum absolute atomic E-state index is 0.0997. The van der Waals surface area contributed by atoms with Gasteiger partial charge in [-0.2, -0.15) is 0 Å². The Bertz CT molecular complexity index is 1660. The van der Waals surface area contributed by atoms with Crippen molar-refractivity contribution < 1.29 is 8.42 Å². The molecule has 5 aromatic rings. The van der Waals surface area contributed by atoms with Crippen LogP contribution >= 0.6 is 0 Å². The highest BCUT2D eigenvalue weighted by Crippen LogP contribution is 2.36. The maximum absolute atomic E-state index is 11.9. The van der Waals surface area contributed by atoms with Gasteiger partial charge in [0.2, 0.25) is 10.0 Å². The summed E-state index contributed by atoms with van der Waals surface area (Å²) in [6.07, 6.45) is 5.36. The molecule has 0 saturated carbocycles. The lowest BCUT2D eigenvalue weighted by Gasteiger charge is -2.16. The van der Waals surface area contributed by atoms with Crippen LogP contribution in [0.15, 0.2) is 90.2 Å². The highest BCUT2D eigenvalue weighted by molar-refractivity contribution is 7.89. The molecular formula is C27H24N6O2S. The molecule has 0 amide bonds. The molecule has 8 nitrogen and oxygen atoms in total. The van der Waals surface area contributed by atoms with Crippen LogP contribution in [-0.2, 0) is 23.0 Å². The van der Waals surface area contributed by atoms with Crippen LogP contribution in [0, 0.1) is 0 Å². The number of rotatable bonds is 7. The van der Waals surface area contributed by atoms with E-state index in [0.29, 0.717) is 29.3 Å². The summed E-state index contributed by atoms with van der Waals surface area (Å²) in [5.41, 5.74) is 5.36. The van der Waals surface area contributed by atoms with Gasteiger partial charge >= 0.3 is 0 Å². The van der Waals surface area contributed by atoms with Gasteiger partial charge in [0, 0.05) is 24.2 Å². The van der Waals surface area contributed by atoms with Gasteiger partial charge in [-0.25, -0.2) is 23.5 Å². The highest BCUT2D eigenvalue weighted by atomic mass is 32.2. The lowest BCUT2D eigenvalue weighted by molar-refractivity contribution is 0.597. The van der Waals surface area contributed by atoms with Crippen LogP contribution in [0.5, 0.6) is 0 Å². The minimum Gasteiger partial charge on any atom is -0.364 e. The summed E-state index contributed by atoms with van der Waals surface area (Å²) < 4.78 is 23.8. The predicted octanol–water partition coefficient (Wildman–Crippen LogP) is 4.58. The first-order valence-corrected chi connectivity index (χ1v) is 13.0. The lowest BCUT2D eigenvalue weighted by Crippen LogP contribution is -2.12. The number of fused-ring (bicyclic) bond motifs is 1. The molecule has 0 atom stereocenters. The molecular weight excluding hydrogens is 472 g/mol. The summed E-state index contributed by atoms with van der Waals surface area (Å²) in [6.45, 7) is 2.58. The zero-order chi connectivity index (χ0) is 25.1. The number of anilines is 1. The molecule has 9 heteroatoms. The second kappa shape index (κ2) is 9.80. The van der Waals surface area contributed by atoms with Gasteiger partial charge in [0.25, 0.3) is 0 Å². The number of aryl methyl sites for hydroxylation is 1. The van der Waals surface area contributed by atoms with Crippen molar-refractivity contribution >= 4 is 26.7 Å². The van der Waals surface area contributed by atoms with Gasteiger partial charge in [0.15, 0.2) is 5.82 Å². The summed E-state index contributed by atoms with van der Waals surface area (Å²) in [7, 11) is -3.92. The fourth-order valence-corrected chi connectivity index (χ4v) is 4.63. The molecule has 3 aromatic heterocycles. The van der Waals surface area contributed by atoms with Crippen LogP contribution in [0.25, 0.3) is 33.4 Å². The molecule has 0 radical (unpaired) electrons. The van der Waals surface area contributed by atoms with E-state index in [1.54, 1.807) is 6.20 Å². The molecule has 3 heterocycles. The van der Waals surface area contributed by atoms with E-state index < -0.39 is 10.0 Å². The van der Waals surface area contributed by atoms with Gasteiger partial charge in [-0.1, -0.05) is 49.4 Å². The number of aromatic nitrogens is 4. The first kappa shape index (κ1) is 23.5. The van der Waals surface area contributed by atoms with E-state index in [-0.39, 0.29) is 4.90 Å². The van der Waals surface area contributed by atoms with Crippen molar-refractivity contribution in [3.63, 3.8) is 0 Å². The van der Waals surface area contributed by atoms with Crippen LogP contribution in [0.1, 0.15) is 18.2 Å². The Morgan fingerprint density at radius 2 is 1.72 bits per heavy atom. The number of nitrogens with zero attached hydrogens (tertiary/aromatic N) is 4. The largest absolute Gasteiger partial charge is 0.364 e. The number of sulfonamides is 1. The van der Waals surface area contributed by atoms with E-state index in [9.17, 15) is 8.42 Å². The standard InChI is InChI=1S/C27H24N6O2S/c1-2-18-8-3-4-10-22(18)23-11-7-12-24-25(23)27(31-16-20-9-5-6-13-30-20)33-26(32-24)19-14-21(17-29-15-19)36(28,34)35/h3-15,17H,2,16H2,1H3,(H2,28,34,35)(H,31,32,33). The van der Waals surface area contributed by atoms with Gasteiger partial charge in [-0.3, -0.25) is 9.97 Å². The first-order chi connectivity index (χ1) is 17.4. The average Bonchev–Trinajstić information content (AvgIpc) is 2.91. The van der Waals surface area contributed by atoms with Crippen LogP contribution in [0.3, 0.4) is 0 Å². The van der Waals surface area contributed by atoms with Crippen LogP contribution in [0.2, 0.25) is 0 Å². The summed E-state index contributed by atoms with van der Waals surface area (Å²) in [5.74, 6) is 0.952. The quantitative estimate of drug-likeness (QED) is 0.338. The van der Waals surface area contributed by atoms with E-state index in [1.807, 2.05) is 42.5 Å². The van der Waals surface area contributed by atoms with Crippen molar-refractivity contribution in [1.82, 2.24) is 19.9 Å². The van der Waals surface area contributed by atoms with Gasteiger partial charge in [0.1, 0.15) is 10.7 Å². The highest BCUT2D eigenvalue weighted by Gasteiger charge is 2.17. The summed E-state index contributed by atoms with van der Waals surface area (Å²) in [4.78, 5) is 18.0. The van der Waals surface area contributed by atoms with Crippen molar-refractivity contribution in [2.45, 2.75) is 24.8 Å². The number of hydrogen-bond donors (Lipinski definition) is 2. The number of pyridine rings is 2. The van der Waals surface area contributed by atoms with Crippen LogP contribution < -0.4 is 10.5 Å². The molecule has 36 heavy (non-hydrogen) atoms. The molecule has 0 aliphatic heterocycles. The first-order valence-electron chi connectivity index (χ1n) is 11.4. The zero-order valence-electron chi connectivity index (χ0n) is 19.6.